The molecule has 0 aliphatic carbocycles. The normalized spacial score (nSPS) is 17.5. The van der Waals surface area contributed by atoms with Crippen LogP contribution < -0.4 is 0 Å². The Morgan fingerprint density at radius 3 is 2.76 bits per heavy atom. The molecule has 1 saturated heterocycles. The molecule has 0 amide bonds. The van der Waals surface area contributed by atoms with Crippen LogP contribution in [0.25, 0.3) is 11.0 Å². The average molecular weight is 406 g/mol. The van der Waals surface area contributed by atoms with E-state index in [-0.39, 0.29) is 5.82 Å². The average Bonchev–Trinajstić information content (AvgIpc) is 2.78. The third-order valence-corrected chi connectivity index (χ3v) is 4.56. The summed E-state index contributed by atoms with van der Waals surface area (Å²) in [6, 6.07) is 5.67. The number of benzene rings is 1. The third kappa shape index (κ3) is 3.21. The Kier molecular flexibility index (Phi) is 4.18. The molecule has 114 valence electrons. The van der Waals surface area contributed by atoms with Crippen LogP contribution in [0.5, 0.6) is 0 Å². The first kappa shape index (κ1) is 15.1. The Hall–Kier alpha value is -0.760. The summed E-state index contributed by atoms with van der Waals surface area (Å²) in [5.74, 6) is -2.70. The molecule has 0 unspecified atom stereocenters. The molecule has 2 aromatic rings. The van der Waals surface area contributed by atoms with Gasteiger partial charge >= 0.3 is 5.92 Å². The van der Waals surface area contributed by atoms with E-state index in [2.05, 4.69) is 27.6 Å². The van der Waals surface area contributed by atoms with Crippen molar-refractivity contribution in [3.8, 4) is 0 Å². The minimum Gasteiger partial charge on any atom is -0.381 e. The lowest BCUT2D eigenvalue weighted by Crippen LogP contribution is -2.24. The molecule has 0 spiro atoms. The summed E-state index contributed by atoms with van der Waals surface area (Å²) in [6.45, 7) is 2.93. The molecule has 1 aliphatic rings. The third-order valence-electron chi connectivity index (χ3n) is 3.88. The summed E-state index contributed by atoms with van der Waals surface area (Å²) in [5.41, 5.74) is 1.43. The summed E-state index contributed by atoms with van der Waals surface area (Å²) in [6.07, 6.45) is 1.83. The maximum Gasteiger partial charge on any atom is 0.302 e. The van der Waals surface area contributed by atoms with Crippen LogP contribution in [0.2, 0.25) is 0 Å². The quantitative estimate of drug-likeness (QED) is 0.716. The highest BCUT2D eigenvalue weighted by atomic mass is 127. The second kappa shape index (κ2) is 5.79. The molecule has 1 aromatic carbocycles. The molecule has 21 heavy (non-hydrogen) atoms. The van der Waals surface area contributed by atoms with E-state index < -0.39 is 5.92 Å². The van der Waals surface area contributed by atoms with E-state index in [0.717, 1.165) is 28.9 Å². The van der Waals surface area contributed by atoms with Gasteiger partial charge in [0.1, 0.15) is 0 Å². The minimum atomic E-state index is -2.93. The van der Waals surface area contributed by atoms with E-state index in [1.807, 2.05) is 18.2 Å². The number of imidazole rings is 1. The summed E-state index contributed by atoms with van der Waals surface area (Å²) >= 11 is 2.17. The highest BCUT2D eigenvalue weighted by molar-refractivity contribution is 14.1. The Balaban J connectivity index is 2.04. The standard InChI is InChI=1S/C15H17F2IN2O/c1-15(16,17)14-19-12-8-11(18)2-3-13(12)20(14)9-10-4-6-21-7-5-10/h2-3,8,10H,4-7,9H2,1H3. The van der Waals surface area contributed by atoms with Crippen molar-refractivity contribution in [3.05, 3.63) is 27.6 Å². The zero-order valence-electron chi connectivity index (χ0n) is 11.8. The van der Waals surface area contributed by atoms with Gasteiger partial charge in [0.25, 0.3) is 0 Å². The Morgan fingerprint density at radius 2 is 2.10 bits per heavy atom. The number of hydrogen-bond acceptors (Lipinski definition) is 2. The van der Waals surface area contributed by atoms with Crippen molar-refractivity contribution in [1.29, 1.82) is 0 Å². The van der Waals surface area contributed by atoms with E-state index in [4.69, 9.17) is 4.74 Å². The van der Waals surface area contributed by atoms with Crippen LogP contribution in [-0.2, 0) is 17.2 Å². The van der Waals surface area contributed by atoms with Crippen molar-refractivity contribution in [3.63, 3.8) is 0 Å². The fourth-order valence-electron chi connectivity index (χ4n) is 2.81. The Bertz CT molecular complexity index is 645. The molecule has 3 rings (SSSR count). The smallest absolute Gasteiger partial charge is 0.302 e. The Morgan fingerprint density at radius 1 is 1.38 bits per heavy atom. The zero-order valence-corrected chi connectivity index (χ0v) is 13.9. The molecule has 1 aromatic heterocycles. The fourth-order valence-corrected chi connectivity index (χ4v) is 3.28. The Labute approximate surface area is 135 Å². The van der Waals surface area contributed by atoms with E-state index in [9.17, 15) is 8.78 Å². The topological polar surface area (TPSA) is 27.1 Å². The van der Waals surface area contributed by atoms with E-state index in [1.54, 1.807) is 4.57 Å². The number of nitrogens with zero attached hydrogens (tertiary/aromatic N) is 2. The van der Waals surface area contributed by atoms with Crippen LogP contribution in [0.15, 0.2) is 18.2 Å². The minimum absolute atomic E-state index is 0.133. The van der Waals surface area contributed by atoms with Crippen LogP contribution in [-0.4, -0.2) is 22.8 Å². The van der Waals surface area contributed by atoms with Crippen molar-refractivity contribution < 1.29 is 13.5 Å². The largest absolute Gasteiger partial charge is 0.381 e. The van der Waals surface area contributed by atoms with E-state index >= 15 is 0 Å². The molecule has 3 nitrogen and oxygen atoms in total. The summed E-state index contributed by atoms with van der Waals surface area (Å²) < 4.78 is 35.8. The molecular formula is C15H17F2IN2O. The van der Waals surface area contributed by atoms with Gasteiger partial charge in [0, 0.05) is 30.3 Å². The number of aromatic nitrogens is 2. The van der Waals surface area contributed by atoms with Crippen molar-refractivity contribution in [2.24, 2.45) is 5.92 Å². The van der Waals surface area contributed by atoms with Crippen molar-refractivity contribution in [2.45, 2.75) is 32.2 Å². The van der Waals surface area contributed by atoms with Gasteiger partial charge in [-0.05, 0) is 59.5 Å². The number of halogens is 3. The van der Waals surface area contributed by atoms with Crippen molar-refractivity contribution >= 4 is 33.6 Å². The second-order valence-corrected chi connectivity index (χ2v) is 6.87. The lowest BCUT2D eigenvalue weighted by molar-refractivity contribution is 0.00223. The number of ether oxygens (including phenoxy) is 1. The molecule has 0 saturated carbocycles. The first-order valence-electron chi connectivity index (χ1n) is 7.07. The SMILES string of the molecule is CC(F)(F)c1nc2cc(I)ccc2n1CC1CCOCC1. The van der Waals surface area contributed by atoms with Crippen molar-refractivity contribution in [1.82, 2.24) is 9.55 Å². The molecule has 0 bridgehead atoms. The first-order valence-corrected chi connectivity index (χ1v) is 8.15. The van der Waals surface area contributed by atoms with Gasteiger partial charge in [0.05, 0.1) is 11.0 Å². The van der Waals surface area contributed by atoms with E-state index in [0.29, 0.717) is 31.2 Å². The number of fused-ring (bicyclic) bond motifs is 1. The molecule has 0 N–H and O–H groups in total. The molecule has 0 atom stereocenters. The zero-order chi connectivity index (χ0) is 15.0. The summed E-state index contributed by atoms with van der Waals surface area (Å²) in [4.78, 5) is 4.19. The monoisotopic (exact) mass is 406 g/mol. The lowest BCUT2D eigenvalue weighted by atomic mass is 10.00. The summed E-state index contributed by atoms with van der Waals surface area (Å²) in [5, 5.41) is 0. The van der Waals surface area contributed by atoms with Gasteiger partial charge < -0.3 is 9.30 Å². The molecule has 6 heteroatoms. The van der Waals surface area contributed by atoms with Crippen LogP contribution >= 0.6 is 22.6 Å². The van der Waals surface area contributed by atoms with Gasteiger partial charge in [-0.1, -0.05) is 0 Å². The number of alkyl halides is 2. The second-order valence-electron chi connectivity index (χ2n) is 5.62. The first-order chi connectivity index (χ1) is 9.95. The predicted molar refractivity (Wildman–Crippen MR) is 85.6 cm³/mol. The molecular weight excluding hydrogens is 389 g/mol. The van der Waals surface area contributed by atoms with Crippen LogP contribution in [0, 0.1) is 9.49 Å². The van der Waals surface area contributed by atoms with Crippen molar-refractivity contribution in [2.75, 3.05) is 13.2 Å². The highest BCUT2D eigenvalue weighted by Crippen LogP contribution is 2.32. The van der Waals surface area contributed by atoms with Gasteiger partial charge in [-0.15, -0.1) is 0 Å². The maximum absolute atomic E-state index is 13.9. The van der Waals surface area contributed by atoms with Gasteiger partial charge in [0.15, 0.2) is 5.82 Å². The molecule has 2 heterocycles. The van der Waals surface area contributed by atoms with E-state index in [1.165, 1.54) is 0 Å². The maximum atomic E-state index is 13.9. The molecule has 1 aliphatic heterocycles. The van der Waals surface area contributed by atoms with Crippen LogP contribution in [0.4, 0.5) is 8.78 Å². The van der Waals surface area contributed by atoms with Gasteiger partial charge in [-0.3, -0.25) is 0 Å². The van der Waals surface area contributed by atoms with Gasteiger partial charge in [-0.2, -0.15) is 8.78 Å². The van der Waals surface area contributed by atoms with Crippen LogP contribution in [0.1, 0.15) is 25.6 Å². The number of rotatable bonds is 3. The number of hydrogen-bond donors (Lipinski definition) is 0. The fraction of sp³-hybridized carbons (Fsp3) is 0.533. The van der Waals surface area contributed by atoms with Gasteiger partial charge in [0.2, 0.25) is 0 Å². The van der Waals surface area contributed by atoms with Crippen LogP contribution in [0.3, 0.4) is 0 Å². The summed E-state index contributed by atoms with van der Waals surface area (Å²) in [7, 11) is 0. The van der Waals surface area contributed by atoms with Gasteiger partial charge in [-0.25, -0.2) is 4.98 Å². The lowest BCUT2D eigenvalue weighted by Gasteiger charge is -2.24. The predicted octanol–water partition coefficient (Wildman–Crippen LogP) is 4.18. The highest BCUT2D eigenvalue weighted by Gasteiger charge is 2.32. The molecule has 0 radical (unpaired) electrons. The molecule has 1 fully saturated rings.